The summed E-state index contributed by atoms with van der Waals surface area (Å²) < 4.78 is 11.2. The zero-order valence-corrected chi connectivity index (χ0v) is 21.8. The van der Waals surface area contributed by atoms with Gasteiger partial charge in [-0.3, -0.25) is 4.79 Å². The van der Waals surface area contributed by atoms with Gasteiger partial charge in [0, 0.05) is 46.0 Å². The maximum Gasteiger partial charge on any atom is 0.336 e. The van der Waals surface area contributed by atoms with E-state index in [1.807, 2.05) is 43.3 Å². The number of hydrogen-bond acceptors (Lipinski definition) is 6. The first kappa shape index (κ1) is 25.4. The zero-order valence-electron chi connectivity index (χ0n) is 20.2. The first-order valence-electron chi connectivity index (χ1n) is 11.8. The molecule has 0 amide bonds. The van der Waals surface area contributed by atoms with Crippen LogP contribution in [0.15, 0.2) is 71.1 Å². The van der Waals surface area contributed by atoms with Gasteiger partial charge in [0.05, 0.1) is 12.7 Å². The van der Waals surface area contributed by atoms with Gasteiger partial charge >= 0.3 is 5.97 Å². The number of allylic oxidation sites excluding steroid dienone is 3. The predicted molar refractivity (Wildman–Crippen MR) is 141 cm³/mol. The van der Waals surface area contributed by atoms with E-state index in [0.717, 1.165) is 34.1 Å². The minimum absolute atomic E-state index is 0.0110. The Morgan fingerprint density at radius 2 is 1.89 bits per heavy atom. The molecule has 0 bridgehead atoms. The number of methoxy groups -OCH3 is 1. The molecule has 184 valence electrons. The molecule has 4 rings (SSSR count). The molecule has 5 nitrogen and oxygen atoms in total. The van der Waals surface area contributed by atoms with E-state index < -0.39 is 11.9 Å². The normalized spacial score (nSPS) is 19.8. The van der Waals surface area contributed by atoms with E-state index in [1.54, 1.807) is 31.0 Å². The van der Waals surface area contributed by atoms with Crippen LogP contribution in [0.25, 0.3) is 0 Å². The van der Waals surface area contributed by atoms with E-state index in [1.165, 1.54) is 0 Å². The zero-order chi connectivity index (χ0) is 24.9. The van der Waals surface area contributed by atoms with Gasteiger partial charge in [-0.15, -0.1) is 0 Å². The summed E-state index contributed by atoms with van der Waals surface area (Å²) in [4.78, 5) is 27.0. The van der Waals surface area contributed by atoms with Crippen LogP contribution in [0.5, 0.6) is 5.75 Å². The molecule has 0 saturated carbocycles. The highest BCUT2D eigenvalue weighted by Gasteiger charge is 2.41. The number of halogens is 1. The lowest BCUT2D eigenvalue weighted by atomic mass is 9.71. The van der Waals surface area contributed by atoms with Crippen LogP contribution in [0.1, 0.15) is 49.7 Å². The summed E-state index contributed by atoms with van der Waals surface area (Å²) in [7, 11) is 1.65. The summed E-state index contributed by atoms with van der Waals surface area (Å²) >= 11 is 7.87. The van der Waals surface area contributed by atoms with Gasteiger partial charge in [0.25, 0.3) is 0 Å². The van der Waals surface area contributed by atoms with Gasteiger partial charge in [-0.25, -0.2) is 4.79 Å². The summed E-state index contributed by atoms with van der Waals surface area (Å²) in [5.74, 6) is 1.60. The van der Waals surface area contributed by atoms with Crippen molar-refractivity contribution in [2.45, 2.75) is 38.5 Å². The Balaban J connectivity index is 1.72. The van der Waals surface area contributed by atoms with Crippen LogP contribution in [-0.4, -0.2) is 37.0 Å². The summed E-state index contributed by atoms with van der Waals surface area (Å²) in [6, 6.07) is 15.2. The Bertz CT molecular complexity index is 1170. The predicted octanol–water partition coefficient (Wildman–Crippen LogP) is 6.01. The van der Waals surface area contributed by atoms with E-state index in [0.29, 0.717) is 41.3 Å². The molecule has 0 aromatic heterocycles. The maximum absolute atomic E-state index is 13.7. The van der Waals surface area contributed by atoms with E-state index in [-0.39, 0.29) is 11.7 Å². The second-order valence-electron chi connectivity index (χ2n) is 8.64. The number of dihydropyridines is 1. The standard InChI is InChI=1S/C28H30ClNO4S/c1-4-35-14-13-34-28(32)25-17(2)30-22-15-19(21-7-5-6-8-24(21)33-3)16-23(31)27(22)26(25)18-9-11-20(29)12-10-18/h5-12,19,26,30H,4,13-16H2,1-3H3/t19-,26+/m0/s1. The molecular weight excluding hydrogens is 482 g/mol. The molecular formula is C28H30ClNO4S. The third-order valence-electron chi connectivity index (χ3n) is 6.49. The number of thioether (sulfide) groups is 1. The number of hydrogen-bond donors (Lipinski definition) is 1. The van der Waals surface area contributed by atoms with E-state index in [2.05, 4.69) is 12.2 Å². The molecule has 1 heterocycles. The van der Waals surface area contributed by atoms with Crippen molar-refractivity contribution < 1.29 is 19.1 Å². The topological polar surface area (TPSA) is 64.6 Å². The van der Waals surface area contributed by atoms with Crippen LogP contribution in [-0.2, 0) is 14.3 Å². The molecule has 2 aliphatic rings. The van der Waals surface area contributed by atoms with E-state index in [4.69, 9.17) is 21.1 Å². The molecule has 0 unspecified atom stereocenters. The SMILES string of the molecule is CCSCCOC(=O)C1=C(C)NC2=C(C(=O)C[C@@H](c3ccccc3OC)C2)[C@@H]1c1ccc(Cl)cc1. The fraction of sp³-hybridized carbons (Fsp3) is 0.357. The molecule has 1 N–H and O–H groups in total. The number of ketones is 1. The Morgan fingerprint density at radius 1 is 1.14 bits per heavy atom. The second kappa shape index (κ2) is 11.4. The van der Waals surface area contributed by atoms with Gasteiger partial charge in [-0.05, 0) is 48.4 Å². The van der Waals surface area contributed by atoms with Crippen molar-refractivity contribution >= 4 is 35.1 Å². The number of carbonyl (C=O) groups excluding carboxylic acids is 2. The second-order valence-corrected chi connectivity index (χ2v) is 10.5. The van der Waals surface area contributed by atoms with Crippen molar-refractivity contribution in [3.8, 4) is 5.75 Å². The highest BCUT2D eigenvalue weighted by atomic mass is 35.5. The quantitative estimate of drug-likeness (QED) is 0.346. The number of carbonyl (C=O) groups is 2. The highest BCUT2D eigenvalue weighted by molar-refractivity contribution is 7.99. The molecule has 2 aromatic rings. The number of esters is 1. The van der Waals surface area contributed by atoms with Crippen LogP contribution in [0.2, 0.25) is 5.02 Å². The first-order valence-corrected chi connectivity index (χ1v) is 13.3. The number of para-hydroxylation sites is 1. The summed E-state index contributed by atoms with van der Waals surface area (Å²) in [6.07, 6.45) is 0.998. The van der Waals surface area contributed by atoms with Crippen LogP contribution in [0, 0.1) is 0 Å². The van der Waals surface area contributed by atoms with Crippen molar-refractivity contribution in [1.82, 2.24) is 5.32 Å². The lowest BCUT2D eigenvalue weighted by molar-refractivity contribution is -0.138. The summed E-state index contributed by atoms with van der Waals surface area (Å²) in [6.45, 7) is 4.28. The molecule has 7 heteroatoms. The van der Waals surface area contributed by atoms with Crippen molar-refractivity contribution in [1.29, 1.82) is 0 Å². The lowest BCUT2D eigenvalue weighted by Gasteiger charge is -2.37. The smallest absolute Gasteiger partial charge is 0.336 e. The molecule has 0 fully saturated rings. The van der Waals surface area contributed by atoms with Gasteiger partial charge in [0.2, 0.25) is 0 Å². The monoisotopic (exact) mass is 511 g/mol. The molecule has 35 heavy (non-hydrogen) atoms. The molecule has 1 aliphatic carbocycles. The molecule has 0 radical (unpaired) electrons. The molecule has 0 saturated heterocycles. The molecule has 1 aliphatic heterocycles. The number of ether oxygens (including phenoxy) is 2. The Labute approximate surface area is 215 Å². The van der Waals surface area contributed by atoms with Crippen molar-refractivity contribution in [3.63, 3.8) is 0 Å². The average Bonchev–Trinajstić information content (AvgIpc) is 2.86. The number of rotatable bonds is 8. The van der Waals surface area contributed by atoms with Crippen molar-refractivity contribution in [2.24, 2.45) is 0 Å². The van der Waals surface area contributed by atoms with Crippen LogP contribution >= 0.6 is 23.4 Å². The number of benzene rings is 2. The molecule has 2 aromatic carbocycles. The Morgan fingerprint density at radius 3 is 2.60 bits per heavy atom. The molecule has 2 atom stereocenters. The van der Waals surface area contributed by atoms with Gasteiger partial charge in [-0.1, -0.05) is 48.9 Å². The number of Topliss-reactive ketones (excluding diaryl/α,β-unsaturated/α-hetero) is 1. The van der Waals surface area contributed by atoms with Gasteiger partial charge in [0.15, 0.2) is 5.78 Å². The average molecular weight is 512 g/mol. The fourth-order valence-electron chi connectivity index (χ4n) is 4.94. The van der Waals surface area contributed by atoms with Gasteiger partial charge in [0.1, 0.15) is 12.4 Å². The highest BCUT2D eigenvalue weighted by Crippen LogP contribution is 2.47. The minimum atomic E-state index is -0.499. The van der Waals surface area contributed by atoms with Gasteiger partial charge in [-0.2, -0.15) is 11.8 Å². The summed E-state index contributed by atoms with van der Waals surface area (Å²) in [5, 5.41) is 4.00. The summed E-state index contributed by atoms with van der Waals surface area (Å²) in [5.41, 5.74) is 4.55. The van der Waals surface area contributed by atoms with Crippen LogP contribution < -0.4 is 10.1 Å². The lowest BCUT2D eigenvalue weighted by Crippen LogP contribution is -2.36. The van der Waals surface area contributed by atoms with E-state index >= 15 is 0 Å². The third-order valence-corrected chi connectivity index (χ3v) is 7.61. The Kier molecular flexibility index (Phi) is 8.24. The van der Waals surface area contributed by atoms with Crippen LogP contribution in [0.3, 0.4) is 0 Å². The van der Waals surface area contributed by atoms with E-state index in [9.17, 15) is 9.59 Å². The van der Waals surface area contributed by atoms with Crippen LogP contribution in [0.4, 0.5) is 0 Å². The maximum atomic E-state index is 13.7. The van der Waals surface area contributed by atoms with Gasteiger partial charge < -0.3 is 14.8 Å². The fourth-order valence-corrected chi connectivity index (χ4v) is 5.55. The first-order chi connectivity index (χ1) is 16.9. The minimum Gasteiger partial charge on any atom is -0.496 e. The Hall–Kier alpha value is -2.70. The third kappa shape index (κ3) is 5.44. The van der Waals surface area contributed by atoms with Crippen molar-refractivity contribution in [2.75, 3.05) is 25.2 Å². The van der Waals surface area contributed by atoms with Crippen molar-refractivity contribution in [3.05, 3.63) is 87.2 Å². The number of nitrogens with one attached hydrogen (secondary N) is 1. The molecule has 0 spiro atoms. The largest absolute Gasteiger partial charge is 0.496 e.